The number of carbonyl (C=O) groups is 2. The number of nitrogens with zero attached hydrogens (tertiary/aromatic N) is 1. The first-order valence-corrected chi connectivity index (χ1v) is 8.48. The fourth-order valence-electron chi connectivity index (χ4n) is 2.18. The van der Waals surface area contributed by atoms with E-state index in [0.29, 0.717) is 32.0 Å². The van der Waals surface area contributed by atoms with Crippen molar-refractivity contribution in [2.45, 2.75) is 0 Å². The van der Waals surface area contributed by atoms with Crippen molar-refractivity contribution < 1.29 is 14.0 Å². The Hall–Kier alpha value is -1.95. The van der Waals surface area contributed by atoms with Crippen molar-refractivity contribution in [1.29, 1.82) is 0 Å². The highest BCUT2D eigenvalue weighted by Gasteiger charge is 2.34. The third-order valence-corrected chi connectivity index (χ3v) is 4.74. The lowest BCUT2D eigenvalue weighted by Gasteiger charge is -2.07. The Morgan fingerprint density at radius 2 is 2.00 bits per heavy atom. The number of halogens is 2. The van der Waals surface area contributed by atoms with Gasteiger partial charge in [0.2, 0.25) is 0 Å². The zero-order valence-corrected chi connectivity index (χ0v) is 14.6. The van der Waals surface area contributed by atoms with Crippen LogP contribution in [0, 0.1) is 0 Å². The summed E-state index contributed by atoms with van der Waals surface area (Å²) in [4.78, 5) is 25.4. The van der Waals surface area contributed by atoms with Crippen molar-refractivity contribution in [2.75, 3.05) is 6.54 Å². The molecular formula is C17H11Cl2NO3S. The number of hydrogen-bond acceptors (Lipinski definition) is 4. The SMILES string of the molecule is C=CCN1C(=O)S/C(=C\c2ccc(-c3ccc(Cl)cc3Cl)o2)C1=O. The predicted octanol–water partition coefficient (Wildman–Crippen LogP) is 5.48. The number of imide groups is 1. The number of amides is 2. The Balaban J connectivity index is 1.88. The van der Waals surface area contributed by atoms with Gasteiger partial charge in [0.25, 0.3) is 11.1 Å². The third kappa shape index (κ3) is 3.29. The Morgan fingerprint density at radius 3 is 2.71 bits per heavy atom. The van der Waals surface area contributed by atoms with Gasteiger partial charge in [-0.05, 0) is 42.1 Å². The first-order chi connectivity index (χ1) is 11.5. The summed E-state index contributed by atoms with van der Waals surface area (Å²) in [7, 11) is 0. The molecule has 0 radical (unpaired) electrons. The maximum Gasteiger partial charge on any atom is 0.293 e. The van der Waals surface area contributed by atoms with Crippen molar-refractivity contribution in [3.63, 3.8) is 0 Å². The second-order valence-electron chi connectivity index (χ2n) is 4.91. The fourth-order valence-corrected chi connectivity index (χ4v) is 3.51. The van der Waals surface area contributed by atoms with Crippen LogP contribution in [0.1, 0.15) is 5.76 Å². The van der Waals surface area contributed by atoms with E-state index in [1.54, 1.807) is 36.4 Å². The number of hydrogen-bond donors (Lipinski definition) is 0. The van der Waals surface area contributed by atoms with Gasteiger partial charge in [0.05, 0.1) is 9.93 Å². The van der Waals surface area contributed by atoms with E-state index in [2.05, 4.69) is 6.58 Å². The lowest BCUT2D eigenvalue weighted by Crippen LogP contribution is -2.27. The van der Waals surface area contributed by atoms with Gasteiger partial charge >= 0.3 is 0 Å². The van der Waals surface area contributed by atoms with Crippen molar-refractivity contribution in [3.8, 4) is 11.3 Å². The van der Waals surface area contributed by atoms with E-state index >= 15 is 0 Å². The quantitative estimate of drug-likeness (QED) is 0.521. The Bertz CT molecular complexity index is 872. The van der Waals surface area contributed by atoms with E-state index in [4.69, 9.17) is 27.6 Å². The molecule has 3 rings (SSSR count). The normalized spacial score (nSPS) is 16.2. The zero-order chi connectivity index (χ0) is 17.3. The van der Waals surface area contributed by atoms with E-state index in [9.17, 15) is 9.59 Å². The predicted molar refractivity (Wildman–Crippen MR) is 97.0 cm³/mol. The fraction of sp³-hybridized carbons (Fsp3) is 0.0588. The van der Waals surface area contributed by atoms with Gasteiger partial charge in [-0.3, -0.25) is 14.5 Å². The lowest BCUT2D eigenvalue weighted by molar-refractivity contribution is -0.122. The van der Waals surface area contributed by atoms with Crippen LogP contribution in [-0.2, 0) is 4.79 Å². The molecule has 0 unspecified atom stereocenters. The van der Waals surface area contributed by atoms with Crippen LogP contribution in [0.4, 0.5) is 4.79 Å². The average molecular weight is 380 g/mol. The highest BCUT2D eigenvalue weighted by atomic mass is 35.5. The minimum absolute atomic E-state index is 0.186. The monoisotopic (exact) mass is 379 g/mol. The summed E-state index contributed by atoms with van der Waals surface area (Å²) in [6.45, 7) is 3.72. The number of benzene rings is 1. The van der Waals surface area contributed by atoms with Crippen molar-refractivity contribution >= 4 is 52.2 Å². The van der Waals surface area contributed by atoms with Crippen LogP contribution in [0.2, 0.25) is 10.0 Å². The number of carbonyl (C=O) groups excluding carboxylic acids is 2. The van der Waals surface area contributed by atoms with Gasteiger partial charge in [-0.25, -0.2) is 0 Å². The molecule has 24 heavy (non-hydrogen) atoms. The van der Waals surface area contributed by atoms with E-state index in [-0.39, 0.29) is 17.7 Å². The van der Waals surface area contributed by atoms with Crippen molar-refractivity contribution in [2.24, 2.45) is 0 Å². The Morgan fingerprint density at radius 1 is 1.21 bits per heavy atom. The number of rotatable bonds is 4. The maximum absolute atomic E-state index is 12.2. The van der Waals surface area contributed by atoms with Gasteiger partial charge in [-0.2, -0.15) is 0 Å². The van der Waals surface area contributed by atoms with Gasteiger partial charge in [-0.1, -0.05) is 29.3 Å². The maximum atomic E-state index is 12.2. The molecule has 0 N–H and O–H groups in total. The minimum atomic E-state index is -0.354. The van der Waals surface area contributed by atoms with E-state index < -0.39 is 0 Å². The molecule has 0 spiro atoms. The molecule has 0 bridgehead atoms. The van der Waals surface area contributed by atoms with Crippen LogP contribution in [0.25, 0.3) is 17.4 Å². The number of thioether (sulfide) groups is 1. The third-order valence-electron chi connectivity index (χ3n) is 3.28. The summed E-state index contributed by atoms with van der Waals surface area (Å²) in [5, 5.41) is 0.680. The van der Waals surface area contributed by atoms with Gasteiger partial charge in [0.1, 0.15) is 11.5 Å². The smallest absolute Gasteiger partial charge is 0.293 e. The summed E-state index contributed by atoms with van der Waals surface area (Å²) >= 11 is 12.9. The van der Waals surface area contributed by atoms with E-state index in [1.807, 2.05) is 0 Å². The largest absolute Gasteiger partial charge is 0.457 e. The van der Waals surface area contributed by atoms with Crippen LogP contribution in [0.5, 0.6) is 0 Å². The first-order valence-electron chi connectivity index (χ1n) is 6.91. The molecule has 2 amide bonds. The zero-order valence-electron chi connectivity index (χ0n) is 12.3. The van der Waals surface area contributed by atoms with Crippen molar-refractivity contribution in [1.82, 2.24) is 4.90 Å². The van der Waals surface area contributed by atoms with Crippen LogP contribution in [0.15, 0.2) is 52.3 Å². The molecule has 4 nitrogen and oxygen atoms in total. The summed E-state index contributed by atoms with van der Waals surface area (Å²) in [6.07, 6.45) is 3.05. The highest BCUT2D eigenvalue weighted by Crippen LogP contribution is 2.35. The Kier molecular flexibility index (Phi) is 4.85. The first kappa shape index (κ1) is 16.9. The summed E-state index contributed by atoms with van der Waals surface area (Å²) < 4.78 is 5.71. The van der Waals surface area contributed by atoms with E-state index in [1.165, 1.54) is 6.08 Å². The van der Waals surface area contributed by atoms with Crippen LogP contribution in [0.3, 0.4) is 0 Å². The van der Waals surface area contributed by atoms with Crippen LogP contribution in [-0.4, -0.2) is 22.6 Å². The van der Waals surface area contributed by atoms with Gasteiger partial charge in [0, 0.05) is 23.2 Å². The molecule has 122 valence electrons. The van der Waals surface area contributed by atoms with E-state index in [0.717, 1.165) is 16.7 Å². The summed E-state index contributed by atoms with van der Waals surface area (Å²) in [6, 6.07) is 8.55. The van der Waals surface area contributed by atoms with Crippen LogP contribution >= 0.6 is 35.0 Å². The second kappa shape index (κ2) is 6.89. The molecule has 2 aromatic rings. The van der Waals surface area contributed by atoms with Crippen LogP contribution < -0.4 is 0 Å². The molecule has 0 aliphatic carbocycles. The molecule has 2 heterocycles. The molecule has 1 aromatic carbocycles. The molecule has 0 saturated carbocycles. The molecular weight excluding hydrogens is 369 g/mol. The average Bonchev–Trinajstić information content (AvgIpc) is 3.08. The Labute approximate surface area is 152 Å². The number of furan rings is 1. The topological polar surface area (TPSA) is 50.5 Å². The second-order valence-corrected chi connectivity index (χ2v) is 6.74. The summed E-state index contributed by atoms with van der Waals surface area (Å²) in [5.74, 6) is 0.653. The molecule has 1 aliphatic rings. The molecule has 1 aliphatic heterocycles. The molecule has 1 saturated heterocycles. The highest BCUT2D eigenvalue weighted by molar-refractivity contribution is 8.18. The molecule has 0 atom stereocenters. The standard InChI is InChI=1S/C17H11Cl2NO3S/c1-2-7-20-16(21)15(24-17(20)22)9-11-4-6-14(23-11)12-5-3-10(18)8-13(12)19/h2-6,8-9H,1,7H2/b15-9-. The van der Waals surface area contributed by atoms with Gasteiger partial charge in [-0.15, -0.1) is 6.58 Å². The summed E-state index contributed by atoms with van der Waals surface area (Å²) in [5.41, 5.74) is 0.695. The lowest BCUT2D eigenvalue weighted by atomic mass is 10.2. The molecule has 1 fully saturated rings. The molecule has 7 heteroatoms. The molecule has 1 aromatic heterocycles. The van der Waals surface area contributed by atoms with Crippen molar-refractivity contribution in [3.05, 3.63) is 63.7 Å². The van der Waals surface area contributed by atoms with Gasteiger partial charge < -0.3 is 4.42 Å². The minimum Gasteiger partial charge on any atom is -0.457 e. The van der Waals surface area contributed by atoms with Gasteiger partial charge in [0.15, 0.2) is 0 Å².